The maximum absolute atomic E-state index is 11.7. The van der Waals surface area contributed by atoms with E-state index in [1.165, 1.54) is 57.8 Å². The molecule has 3 saturated carbocycles. The molecule has 8 atom stereocenters. The summed E-state index contributed by atoms with van der Waals surface area (Å²) in [6.45, 7) is 12.5. The zero-order valence-corrected chi connectivity index (χ0v) is 22.1. The van der Waals surface area contributed by atoms with Crippen LogP contribution in [0.1, 0.15) is 105 Å². The summed E-state index contributed by atoms with van der Waals surface area (Å²) in [5, 5.41) is 0. The molecule has 3 fully saturated rings. The Balaban J connectivity index is 1.45. The van der Waals surface area contributed by atoms with E-state index in [2.05, 4.69) is 40.7 Å². The van der Waals surface area contributed by atoms with Crippen LogP contribution < -0.4 is 0 Å². The van der Waals surface area contributed by atoms with E-state index >= 15 is 0 Å². The lowest BCUT2D eigenvalue weighted by atomic mass is 9.47. The van der Waals surface area contributed by atoms with Crippen LogP contribution in [0.2, 0.25) is 0 Å². The summed E-state index contributed by atoms with van der Waals surface area (Å²) < 4.78 is 5.63. The topological polar surface area (TPSA) is 26.3 Å². The number of carbonyl (C=O) groups excluding carboxylic acids is 1. The third kappa shape index (κ3) is 4.44. The first-order chi connectivity index (χ1) is 15.2. The molecule has 0 heterocycles. The Morgan fingerprint density at radius 3 is 2.59 bits per heavy atom. The molecule has 0 N–H and O–H groups in total. The number of fused-ring (bicyclic) bond motifs is 5. The molecule has 0 amide bonds. The van der Waals surface area contributed by atoms with Gasteiger partial charge in [0.2, 0.25) is 0 Å². The molecule has 4 rings (SSSR count). The highest BCUT2D eigenvalue weighted by Crippen LogP contribution is 2.67. The molecule has 0 aliphatic heterocycles. The van der Waals surface area contributed by atoms with E-state index in [0.29, 0.717) is 10.8 Å². The van der Waals surface area contributed by atoms with Crippen LogP contribution in [0.3, 0.4) is 0 Å². The first kappa shape index (κ1) is 24.6. The fraction of sp³-hybridized carbons (Fsp3) is 0.897. The minimum atomic E-state index is -0.262. The van der Waals surface area contributed by atoms with E-state index in [9.17, 15) is 4.79 Å². The lowest BCUT2D eigenvalue weighted by molar-refractivity contribution is -0.148. The Hall–Kier alpha value is -0.500. The van der Waals surface area contributed by atoms with Gasteiger partial charge >= 0.3 is 5.97 Å². The van der Waals surface area contributed by atoms with Gasteiger partial charge in [-0.15, -0.1) is 11.6 Å². The Morgan fingerprint density at radius 2 is 1.88 bits per heavy atom. The first-order valence-electron chi connectivity index (χ1n) is 13.6. The second kappa shape index (κ2) is 9.63. The lowest BCUT2D eigenvalue weighted by Gasteiger charge is -2.58. The van der Waals surface area contributed by atoms with Crippen LogP contribution in [-0.4, -0.2) is 18.0 Å². The number of rotatable bonds is 7. The maximum Gasteiger partial charge on any atom is 0.321 e. The third-order valence-electron chi connectivity index (χ3n) is 10.7. The molecule has 2 nitrogen and oxygen atoms in total. The summed E-state index contributed by atoms with van der Waals surface area (Å²) in [5.74, 6) is 4.92. The number of ether oxygens (including phenoxy) is 1. The molecule has 0 aromatic carbocycles. The molecule has 3 heteroatoms. The number of halogens is 1. The van der Waals surface area contributed by atoms with Crippen molar-refractivity contribution in [2.45, 2.75) is 111 Å². The van der Waals surface area contributed by atoms with Crippen LogP contribution in [0.4, 0.5) is 0 Å². The molecule has 0 aromatic rings. The highest BCUT2D eigenvalue weighted by Gasteiger charge is 2.59. The monoisotopic (exact) mass is 462 g/mol. The van der Waals surface area contributed by atoms with Gasteiger partial charge in [-0.25, -0.2) is 0 Å². The zero-order valence-electron chi connectivity index (χ0n) is 21.3. The number of hydrogen-bond donors (Lipinski definition) is 0. The summed E-state index contributed by atoms with van der Waals surface area (Å²) in [6.07, 6.45) is 16.9. The lowest BCUT2D eigenvalue weighted by Crippen LogP contribution is -2.51. The summed E-state index contributed by atoms with van der Waals surface area (Å²) in [7, 11) is 0. The SMILES string of the molecule is CC(C)CCC[C@@H](C)C1CCC2C3CC=C4CC(OC(=O)CCl)CCC4(C)C3CCC21C. The van der Waals surface area contributed by atoms with Gasteiger partial charge in [-0.1, -0.05) is 65.5 Å². The minimum Gasteiger partial charge on any atom is -0.461 e. The van der Waals surface area contributed by atoms with Crippen LogP contribution in [-0.2, 0) is 9.53 Å². The van der Waals surface area contributed by atoms with Crippen molar-refractivity contribution in [3.63, 3.8) is 0 Å². The highest BCUT2D eigenvalue weighted by molar-refractivity contribution is 6.26. The molecule has 0 saturated heterocycles. The summed E-state index contributed by atoms with van der Waals surface area (Å²) in [5.41, 5.74) is 2.44. The van der Waals surface area contributed by atoms with E-state index in [0.717, 1.165) is 48.3 Å². The van der Waals surface area contributed by atoms with Crippen molar-refractivity contribution in [3.8, 4) is 0 Å². The number of hydrogen-bond acceptors (Lipinski definition) is 2. The van der Waals surface area contributed by atoms with Crippen LogP contribution >= 0.6 is 11.6 Å². The van der Waals surface area contributed by atoms with Crippen LogP contribution in [0.25, 0.3) is 0 Å². The predicted octanol–water partition coefficient (Wildman–Crippen LogP) is 8.18. The van der Waals surface area contributed by atoms with Crippen molar-refractivity contribution in [2.24, 2.45) is 46.3 Å². The third-order valence-corrected chi connectivity index (χ3v) is 10.9. The quantitative estimate of drug-likeness (QED) is 0.216. The zero-order chi connectivity index (χ0) is 23.1. The molecule has 0 spiro atoms. The van der Waals surface area contributed by atoms with Gasteiger partial charge in [0.15, 0.2) is 0 Å². The molecule has 0 bridgehead atoms. The van der Waals surface area contributed by atoms with Crippen molar-refractivity contribution >= 4 is 17.6 Å². The van der Waals surface area contributed by atoms with Gasteiger partial charge in [-0.3, -0.25) is 4.79 Å². The second-order valence-corrected chi connectivity index (χ2v) is 13.0. The number of carbonyl (C=O) groups is 1. The van der Waals surface area contributed by atoms with E-state index in [4.69, 9.17) is 16.3 Å². The summed E-state index contributed by atoms with van der Waals surface area (Å²) in [4.78, 5) is 11.7. The van der Waals surface area contributed by atoms with Crippen molar-refractivity contribution in [1.82, 2.24) is 0 Å². The van der Waals surface area contributed by atoms with Gasteiger partial charge in [0.1, 0.15) is 12.0 Å². The molecule has 0 radical (unpaired) electrons. The standard InChI is InChI=1S/C29H47ClO2/c1-19(2)7-6-8-20(3)24-11-12-25-23-10-9-21-17-22(32-27(31)18-30)13-15-28(21,4)26(23)14-16-29(24,25)5/h9,19-20,22-26H,6-8,10-18H2,1-5H3/t20-,22?,23?,24?,25?,26?,28?,29?/m1/s1. The van der Waals surface area contributed by atoms with E-state index < -0.39 is 0 Å². The van der Waals surface area contributed by atoms with Crippen LogP contribution in [0.15, 0.2) is 11.6 Å². The van der Waals surface area contributed by atoms with Crippen molar-refractivity contribution in [2.75, 3.05) is 5.88 Å². The predicted molar refractivity (Wildman–Crippen MR) is 134 cm³/mol. The van der Waals surface area contributed by atoms with Crippen molar-refractivity contribution < 1.29 is 9.53 Å². The Bertz CT molecular complexity index is 714. The number of esters is 1. The average Bonchev–Trinajstić information content (AvgIpc) is 3.11. The van der Waals surface area contributed by atoms with E-state index in [-0.39, 0.29) is 18.0 Å². The molecule has 4 aliphatic rings. The molecule has 7 unspecified atom stereocenters. The molecular formula is C29H47ClO2. The smallest absolute Gasteiger partial charge is 0.321 e. The first-order valence-corrected chi connectivity index (χ1v) is 14.2. The van der Waals surface area contributed by atoms with Gasteiger partial charge < -0.3 is 4.74 Å². The fourth-order valence-corrected chi connectivity index (χ4v) is 9.03. The summed E-state index contributed by atoms with van der Waals surface area (Å²) >= 11 is 5.68. The van der Waals surface area contributed by atoms with Gasteiger partial charge in [0, 0.05) is 6.42 Å². The Kier molecular flexibility index (Phi) is 7.41. The minimum absolute atomic E-state index is 0.0329. The van der Waals surface area contributed by atoms with E-state index in [1.54, 1.807) is 5.57 Å². The van der Waals surface area contributed by atoms with Crippen LogP contribution in [0.5, 0.6) is 0 Å². The Labute approximate surface area is 202 Å². The van der Waals surface area contributed by atoms with Crippen molar-refractivity contribution in [3.05, 3.63) is 11.6 Å². The molecule has 182 valence electrons. The van der Waals surface area contributed by atoms with Gasteiger partial charge in [0.25, 0.3) is 0 Å². The van der Waals surface area contributed by atoms with E-state index in [1.807, 2.05) is 0 Å². The highest BCUT2D eigenvalue weighted by atomic mass is 35.5. The fourth-order valence-electron chi connectivity index (χ4n) is 8.97. The molecular weight excluding hydrogens is 416 g/mol. The number of alkyl halides is 1. The Morgan fingerprint density at radius 1 is 1.09 bits per heavy atom. The average molecular weight is 463 g/mol. The largest absolute Gasteiger partial charge is 0.461 e. The van der Waals surface area contributed by atoms with Crippen molar-refractivity contribution in [1.29, 1.82) is 0 Å². The second-order valence-electron chi connectivity index (χ2n) is 12.8. The number of allylic oxidation sites excluding steroid dienone is 1. The van der Waals surface area contributed by atoms with Gasteiger partial charge in [-0.2, -0.15) is 0 Å². The van der Waals surface area contributed by atoms with Gasteiger partial charge in [0.05, 0.1) is 0 Å². The van der Waals surface area contributed by atoms with Gasteiger partial charge in [-0.05, 0) is 91.3 Å². The molecule has 4 aliphatic carbocycles. The maximum atomic E-state index is 11.7. The molecule has 32 heavy (non-hydrogen) atoms. The normalized spacial score (nSPS) is 42.0. The molecule has 0 aromatic heterocycles. The summed E-state index contributed by atoms with van der Waals surface area (Å²) in [6, 6.07) is 0. The van der Waals surface area contributed by atoms with Crippen LogP contribution in [0, 0.1) is 46.3 Å².